The van der Waals surface area contributed by atoms with Gasteiger partial charge in [0.25, 0.3) is 0 Å². The van der Waals surface area contributed by atoms with E-state index in [0.29, 0.717) is 12.1 Å². The van der Waals surface area contributed by atoms with E-state index < -0.39 is 17.5 Å². The number of carbonyl (C=O) groups is 1. The summed E-state index contributed by atoms with van der Waals surface area (Å²) in [4.78, 5) is 11.4. The zero-order chi connectivity index (χ0) is 12.6. The highest BCUT2D eigenvalue weighted by Crippen LogP contribution is 2.48. The molecule has 3 N–H and O–H groups in total. The van der Waals surface area contributed by atoms with Gasteiger partial charge in [-0.05, 0) is 30.5 Å². The Morgan fingerprint density at radius 2 is 2.24 bits per heavy atom. The predicted molar refractivity (Wildman–Crippen MR) is 59.4 cm³/mol. The summed E-state index contributed by atoms with van der Waals surface area (Å²) >= 11 is 0. The number of hydrogen-bond donors (Lipinski definition) is 2. The Morgan fingerprint density at radius 1 is 1.59 bits per heavy atom. The van der Waals surface area contributed by atoms with Crippen LogP contribution in [0.3, 0.4) is 0 Å². The first-order valence-electron chi connectivity index (χ1n) is 5.35. The van der Waals surface area contributed by atoms with Crippen LogP contribution in [0.5, 0.6) is 5.75 Å². The summed E-state index contributed by atoms with van der Waals surface area (Å²) in [5.74, 6) is -2.24. The summed E-state index contributed by atoms with van der Waals surface area (Å²) in [6.45, 7) is 0.401. The first kappa shape index (κ1) is 11.9. The first-order valence-corrected chi connectivity index (χ1v) is 5.35. The molecule has 0 aromatic heterocycles. The van der Waals surface area contributed by atoms with E-state index in [2.05, 4.69) is 4.74 Å². The molecular weight excluding hydrogens is 225 g/mol. The zero-order valence-corrected chi connectivity index (χ0v) is 9.50. The number of rotatable bonds is 3. The molecule has 92 valence electrons. The van der Waals surface area contributed by atoms with Crippen molar-refractivity contribution in [1.82, 2.24) is 0 Å². The summed E-state index contributed by atoms with van der Waals surface area (Å²) in [6, 6.07) is 2.70. The third kappa shape index (κ3) is 1.86. The Kier molecular flexibility index (Phi) is 2.79. The zero-order valence-electron chi connectivity index (χ0n) is 9.50. The molecule has 0 spiro atoms. The van der Waals surface area contributed by atoms with E-state index in [1.807, 2.05) is 0 Å². The van der Waals surface area contributed by atoms with Crippen LogP contribution in [-0.4, -0.2) is 24.7 Å². The molecule has 0 bridgehead atoms. The normalized spacial score (nSPS) is 16.6. The minimum absolute atomic E-state index is 0.151. The number of phenolic OH excluding ortho intramolecular Hbond substituents is 1. The summed E-state index contributed by atoms with van der Waals surface area (Å²) in [5.41, 5.74) is 5.91. The molecule has 5 heteroatoms. The second-order valence-electron chi connectivity index (χ2n) is 4.33. The maximum atomic E-state index is 13.5. The molecule has 0 heterocycles. The molecule has 1 aromatic rings. The largest absolute Gasteiger partial charge is 0.504 e. The summed E-state index contributed by atoms with van der Waals surface area (Å²) in [5, 5.41) is 9.48. The van der Waals surface area contributed by atoms with Crippen molar-refractivity contribution >= 4 is 5.97 Å². The minimum atomic E-state index is -0.817. The number of hydrogen-bond acceptors (Lipinski definition) is 4. The van der Waals surface area contributed by atoms with Gasteiger partial charge in [-0.25, -0.2) is 9.18 Å². The number of methoxy groups -OCH3 is 1. The predicted octanol–water partition coefficient (Wildman–Crippen LogP) is 1.31. The highest BCUT2D eigenvalue weighted by molar-refractivity contribution is 5.92. The summed E-state index contributed by atoms with van der Waals surface area (Å²) in [7, 11) is 1.18. The third-order valence-corrected chi connectivity index (χ3v) is 3.33. The number of carbonyl (C=O) groups excluding carboxylic acids is 1. The van der Waals surface area contributed by atoms with Crippen LogP contribution in [0, 0.1) is 5.82 Å². The maximum Gasteiger partial charge on any atom is 0.341 e. The van der Waals surface area contributed by atoms with Gasteiger partial charge < -0.3 is 15.6 Å². The van der Waals surface area contributed by atoms with Gasteiger partial charge in [0, 0.05) is 12.0 Å². The fourth-order valence-corrected chi connectivity index (χ4v) is 1.93. The van der Waals surface area contributed by atoms with Gasteiger partial charge in [0.15, 0.2) is 11.6 Å². The summed E-state index contributed by atoms with van der Waals surface area (Å²) in [6.07, 6.45) is 1.74. The standard InChI is InChI=1S/C12H14FNO3/c1-17-11(16)8-4-7(5-9(13)10(8)15)12(6-14)2-3-12/h4-5,15H,2-3,6,14H2,1H3. The Hall–Kier alpha value is -1.62. The molecule has 0 atom stereocenters. The highest BCUT2D eigenvalue weighted by atomic mass is 19.1. The quantitative estimate of drug-likeness (QED) is 0.780. The Bertz CT molecular complexity index is 469. The van der Waals surface area contributed by atoms with E-state index in [4.69, 9.17) is 5.73 Å². The molecule has 1 aliphatic rings. The van der Waals surface area contributed by atoms with Crippen LogP contribution in [0.15, 0.2) is 12.1 Å². The molecule has 0 saturated heterocycles. The fraction of sp³-hybridized carbons (Fsp3) is 0.417. The van der Waals surface area contributed by atoms with Crippen LogP contribution in [-0.2, 0) is 10.2 Å². The Labute approximate surface area is 98.2 Å². The van der Waals surface area contributed by atoms with E-state index in [0.717, 1.165) is 12.8 Å². The monoisotopic (exact) mass is 239 g/mol. The van der Waals surface area contributed by atoms with Crippen LogP contribution in [0.2, 0.25) is 0 Å². The topological polar surface area (TPSA) is 72.5 Å². The Morgan fingerprint density at radius 3 is 2.71 bits per heavy atom. The van der Waals surface area contributed by atoms with Crippen LogP contribution >= 0.6 is 0 Å². The third-order valence-electron chi connectivity index (χ3n) is 3.33. The maximum absolute atomic E-state index is 13.5. The van der Waals surface area contributed by atoms with Crippen molar-refractivity contribution in [2.24, 2.45) is 5.73 Å². The van der Waals surface area contributed by atoms with E-state index in [-0.39, 0.29) is 11.0 Å². The lowest BCUT2D eigenvalue weighted by atomic mass is 9.94. The molecular formula is C12H14FNO3. The van der Waals surface area contributed by atoms with E-state index in [1.165, 1.54) is 19.2 Å². The number of phenols is 1. The van der Waals surface area contributed by atoms with Gasteiger partial charge in [-0.3, -0.25) is 0 Å². The number of esters is 1. The van der Waals surface area contributed by atoms with Gasteiger partial charge >= 0.3 is 5.97 Å². The smallest absolute Gasteiger partial charge is 0.341 e. The average Bonchev–Trinajstić information content (AvgIpc) is 3.12. The van der Waals surface area contributed by atoms with Crippen molar-refractivity contribution in [3.63, 3.8) is 0 Å². The van der Waals surface area contributed by atoms with Crippen molar-refractivity contribution in [3.8, 4) is 5.75 Å². The number of halogens is 1. The molecule has 4 nitrogen and oxygen atoms in total. The summed E-state index contributed by atoms with van der Waals surface area (Å²) < 4.78 is 18.0. The molecule has 0 aliphatic heterocycles. The molecule has 0 amide bonds. The van der Waals surface area contributed by atoms with Crippen molar-refractivity contribution in [2.45, 2.75) is 18.3 Å². The lowest BCUT2D eigenvalue weighted by molar-refractivity contribution is 0.0596. The van der Waals surface area contributed by atoms with Gasteiger partial charge in [0.1, 0.15) is 5.56 Å². The second-order valence-corrected chi connectivity index (χ2v) is 4.33. The fourth-order valence-electron chi connectivity index (χ4n) is 1.93. The van der Waals surface area contributed by atoms with E-state index in [9.17, 15) is 14.3 Å². The van der Waals surface area contributed by atoms with Gasteiger partial charge in [-0.1, -0.05) is 0 Å². The molecule has 0 unspecified atom stereocenters. The molecule has 2 rings (SSSR count). The SMILES string of the molecule is COC(=O)c1cc(C2(CN)CC2)cc(F)c1O. The minimum Gasteiger partial charge on any atom is -0.504 e. The highest BCUT2D eigenvalue weighted by Gasteiger charge is 2.43. The van der Waals surface area contributed by atoms with Crippen molar-refractivity contribution in [1.29, 1.82) is 0 Å². The molecule has 0 radical (unpaired) electrons. The number of nitrogens with two attached hydrogens (primary N) is 1. The van der Waals surface area contributed by atoms with Crippen LogP contribution < -0.4 is 5.73 Å². The molecule has 1 aromatic carbocycles. The van der Waals surface area contributed by atoms with Gasteiger partial charge in [-0.15, -0.1) is 0 Å². The van der Waals surface area contributed by atoms with Gasteiger partial charge in [-0.2, -0.15) is 0 Å². The molecule has 1 saturated carbocycles. The van der Waals surface area contributed by atoms with Crippen molar-refractivity contribution < 1.29 is 19.0 Å². The number of benzene rings is 1. The first-order chi connectivity index (χ1) is 8.04. The molecule has 17 heavy (non-hydrogen) atoms. The lowest BCUT2D eigenvalue weighted by Gasteiger charge is -2.15. The van der Waals surface area contributed by atoms with E-state index in [1.54, 1.807) is 0 Å². The van der Waals surface area contributed by atoms with Crippen molar-refractivity contribution in [2.75, 3.05) is 13.7 Å². The number of ether oxygens (including phenoxy) is 1. The Balaban J connectivity index is 2.50. The molecule has 1 aliphatic carbocycles. The van der Waals surface area contributed by atoms with Gasteiger partial charge in [0.2, 0.25) is 0 Å². The lowest BCUT2D eigenvalue weighted by Crippen LogP contribution is -2.20. The van der Waals surface area contributed by atoms with Crippen molar-refractivity contribution in [3.05, 3.63) is 29.1 Å². The van der Waals surface area contributed by atoms with Crippen LogP contribution in [0.1, 0.15) is 28.8 Å². The van der Waals surface area contributed by atoms with Crippen LogP contribution in [0.25, 0.3) is 0 Å². The average molecular weight is 239 g/mol. The number of aromatic hydroxyl groups is 1. The molecule has 1 fully saturated rings. The second kappa shape index (κ2) is 4.00. The van der Waals surface area contributed by atoms with Gasteiger partial charge in [0.05, 0.1) is 7.11 Å². The van der Waals surface area contributed by atoms with Crippen LogP contribution in [0.4, 0.5) is 4.39 Å². The van der Waals surface area contributed by atoms with E-state index >= 15 is 0 Å².